The Hall–Kier alpha value is -1.09. The number of pyridine rings is 1. The molecule has 2 fully saturated rings. The number of piperidine rings is 1. The molecule has 0 unspecified atom stereocenters. The zero-order chi connectivity index (χ0) is 13.8. The number of nitrogens with zero attached hydrogens (tertiary/aromatic N) is 2. The highest BCUT2D eigenvalue weighted by Crippen LogP contribution is 2.46. The molecule has 1 aliphatic carbocycles. The summed E-state index contributed by atoms with van der Waals surface area (Å²) in [6.07, 6.45) is 10.6. The van der Waals surface area contributed by atoms with Crippen molar-refractivity contribution in [2.45, 2.75) is 52.0 Å². The molecule has 2 heterocycles. The molecule has 1 saturated carbocycles. The molecule has 1 aromatic rings. The molecule has 0 aromatic carbocycles. The average Bonchev–Trinajstić information content (AvgIpc) is 2.92. The molecule has 1 N–H and O–H groups in total. The maximum atomic E-state index is 4.47. The van der Waals surface area contributed by atoms with Gasteiger partial charge in [-0.3, -0.25) is 4.90 Å². The molecule has 3 heteroatoms. The number of nitrogens with one attached hydrogen (secondary N) is 1. The summed E-state index contributed by atoms with van der Waals surface area (Å²) in [5, 5.41) is 3.38. The maximum absolute atomic E-state index is 4.47. The first kappa shape index (κ1) is 13.9. The molecule has 1 aliphatic heterocycles. The molecule has 20 heavy (non-hydrogen) atoms. The zero-order valence-corrected chi connectivity index (χ0v) is 12.7. The first-order valence-electron chi connectivity index (χ1n) is 8.21. The van der Waals surface area contributed by atoms with Gasteiger partial charge >= 0.3 is 0 Å². The Kier molecular flexibility index (Phi) is 4.25. The van der Waals surface area contributed by atoms with E-state index < -0.39 is 0 Å². The standard InChI is InChI=1S/C17H27N3/c1-2-18-16-15(6-5-11-19-16)14-20-12-9-17(10-13-20)7-3-4-8-17/h5-6,11H,2-4,7-10,12-14H2,1H3,(H,18,19). The van der Waals surface area contributed by atoms with Crippen molar-refractivity contribution >= 4 is 5.82 Å². The molecule has 3 rings (SSSR count). The van der Waals surface area contributed by atoms with Gasteiger partial charge in [0.2, 0.25) is 0 Å². The van der Waals surface area contributed by atoms with Crippen LogP contribution in [0.15, 0.2) is 18.3 Å². The third-order valence-corrected chi connectivity index (χ3v) is 5.21. The van der Waals surface area contributed by atoms with E-state index in [9.17, 15) is 0 Å². The first-order valence-corrected chi connectivity index (χ1v) is 8.21. The van der Waals surface area contributed by atoms with E-state index in [2.05, 4.69) is 34.3 Å². The summed E-state index contributed by atoms with van der Waals surface area (Å²) in [7, 11) is 0. The molecule has 110 valence electrons. The van der Waals surface area contributed by atoms with Gasteiger partial charge in [0.15, 0.2) is 0 Å². The van der Waals surface area contributed by atoms with Crippen LogP contribution in [0.3, 0.4) is 0 Å². The highest BCUT2D eigenvalue weighted by Gasteiger charge is 2.36. The Morgan fingerprint density at radius 2 is 1.95 bits per heavy atom. The summed E-state index contributed by atoms with van der Waals surface area (Å²) in [4.78, 5) is 7.08. The Morgan fingerprint density at radius 3 is 2.65 bits per heavy atom. The van der Waals surface area contributed by atoms with Gasteiger partial charge in [0.25, 0.3) is 0 Å². The van der Waals surface area contributed by atoms with Crippen LogP contribution in [0.1, 0.15) is 51.0 Å². The van der Waals surface area contributed by atoms with Crippen LogP contribution in [0.5, 0.6) is 0 Å². The van der Waals surface area contributed by atoms with Crippen molar-refractivity contribution in [1.29, 1.82) is 0 Å². The van der Waals surface area contributed by atoms with Gasteiger partial charge in [0.05, 0.1) is 0 Å². The van der Waals surface area contributed by atoms with Crippen molar-refractivity contribution in [3.8, 4) is 0 Å². The minimum Gasteiger partial charge on any atom is -0.370 e. The van der Waals surface area contributed by atoms with Crippen LogP contribution in [0.4, 0.5) is 5.82 Å². The monoisotopic (exact) mass is 273 g/mol. The lowest BCUT2D eigenvalue weighted by atomic mass is 9.77. The van der Waals surface area contributed by atoms with E-state index >= 15 is 0 Å². The van der Waals surface area contributed by atoms with Crippen molar-refractivity contribution in [2.24, 2.45) is 5.41 Å². The molecule has 0 radical (unpaired) electrons. The molecule has 2 aliphatic rings. The van der Waals surface area contributed by atoms with E-state index in [1.165, 1.54) is 57.2 Å². The lowest BCUT2D eigenvalue weighted by Gasteiger charge is -2.39. The number of aromatic nitrogens is 1. The van der Waals surface area contributed by atoms with E-state index in [1.807, 2.05) is 6.20 Å². The fourth-order valence-electron chi connectivity index (χ4n) is 3.94. The van der Waals surface area contributed by atoms with Crippen molar-refractivity contribution in [1.82, 2.24) is 9.88 Å². The topological polar surface area (TPSA) is 28.2 Å². The summed E-state index contributed by atoms with van der Waals surface area (Å²) in [5.74, 6) is 1.07. The number of hydrogen-bond donors (Lipinski definition) is 1. The van der Waals surface area contributed by atoms with Gasteiger partial charge in [0.1, 0.15) is 5.82 Å². The lowest BCUT2D eigenvalue weighted by Crippen LogP contribution is -2.38. The highest BCUT2D eigenvalue weighted by molar-refractivity contribution is 5.43. The Morgan fingerprint density at radius 1 is 1.20 bits per heavy atom. The SMILES string of the molecule is CCNc1ncccc1CN1CCC2(CCCC2)CC1. The third-order valence-electron chi connectivity index (χ3n) is 5.21. The second-order valence-corrected chi connectivity index (χ2v) is 6.52. The van der Waals surface area contributed by atoms with Gasteiger partial charge < -0.3 is 5.32 Å². The van der Waals surface area contributed by atoms with Crippen LogP contribution < -0.4 is 5.32 Å². The molecule has 1 aromatic heterocycles. The smallest absolute Gasteiger partial charge is 0.130 e. The van der Waals surface area contributed by atoms with Gasteiger partial charge in [0, 0.05) is 24.8 Å². The van der Waals surface area contributed by atoms with E-state index in [0.717, 1.165) is 24.3 Å². The minimum absolute atomic E-state index is 0.718. The minimum atomic E-state index is 0.718. The molecule has 3 nitrogen and oxygen atoms in total. The van der Waals surface area contributed by atoms with Crippen molar-refractivity contribution in [2.75, 3.05) is 25.0 Å². The fourth-order valence-corrected chi connectivity index (χ4v) is 3.94. The van der Waals surface area contributed by atoms with Gasteiger partial charge in [-0.1, -0.05) is 18.9 Å². The Bertz CT molecular complexity index is 428. The Balaban J connectivity index is 1.59. The maximum Gasteiger partial charge on any atom is 0.130 e. The van der Waals surface area contributed by atoms with E-state index in [0.29, 0.717) is 0 Å². The van der Waals surface area contributed by atoms with Crippen LogP contribution in [0, 0.1) is 5.41 Å². The third kappa shape index (κ3) is 2.98. The predicted octanol–water partition coefficient (Wildman–Crippen LogP) is 3.67. The van der Waals surface area contributed by atoms with Crippen molar-refractivity contribution in [3.05, 3.63) is 23.9 Å². The molecule has 0 bridgehead atoms. The van der Waals surface area contributed by atoms with Crippen LogP contribution in [0.25, 0.3) is 0 Å². The quantitative estimate of drug-likeness (QED) is 0.907. The van der Waals surface area contributed by atoms with Crippen molar-refractivity contribution in [3.63, 3.8) is 0 Å². The summed E-state index contributed by atoms with van der Waals surface area (Å²) < 4.78 is 0. The number of hydrogen-bond acceptors (Lipinski definition) is 3. The van der Waals surface area contributed by atoms with Gasteiger partial charge in [-0.15, -0.1) is 0 Å². The number of likely N-dealkylation sites (tertiary alicyclic amines) is 1. The molecule has 1 spiro atoms. The van der Waals surface area contributed by atoms with Crippen LogP contribution in [-0.4, -0.2) is 29.5 Å². The molecular weight excluding hydrogens is 246 g/mol. The molecule has 1 saturated heterocycles. The number of rotatable bonds is 4. The summed E-state index contributed by atoms with van der Waals surface area (Å²) in [6.45, 7) is 6.64. The zero-order valence-electron chi connectivity index (χ0n) is 12.7. The normalized spacial score (nSPS) is 22.2. The lowest BCUT2D eigenvalue weighted by molar-refractivity contribution is 0.104. The predicted molar refractivity (Wildman–Crippen MR) is 83.8 cm³/mol. The van der Waals surface area contributed by atoms with Crippen molar-refractivity contribution < 1.29 is 0 Å². The number of anilines is 1. The molecular formula is C17H27N3. The largest absolute Gasteiger partial charge is 0.370 e. The van der Waals surface area contributed by atoms with E-state index in [4.69, 9.17) is 0 Å². The first-order chi connectivity index (χ1) is 9.81. The highest BCUT2D eigenvalue weighted by atomic mass is 15.1. The summed E-state index contributed by atoms with van der Waals surface area (Å²) >= 11 is 0. The van der Waals surface area contributed by atoms with Gasteiger partial charge in [-0.2, -0.15) is 0 Å². The summed E-state index contributed by atoms with van der Waals surface area (Å²) in [6, 6.07) is 4.27. The van der Waals surface area contributed by atoms with Crippen LogP contribution in [-0.2, 0) is 6.54 Å². The second kappa shape index (κ2) is 6.13. The van der Waals surface area contributed by atoms with E-state index in [-0.39, 0.29) is 0 Å². The van der Waals surface area contributed by atoms with Crippen LogP contribution in [0.2, 0.25) is 0 Å². The fraction of sp³-hybridized carbons (Fsp3) is 0.706. The molecule has 0 atom stereocenters. The second-order valence-electron chi connectivity index (χ2n) is 6.52. The van der Waals surface area contributed by atoms with Crippen LogP contribution >= 0.6 is 0 Å². The van der Waals surface area contributed by atoms with Gasteiger partial charge in [-0.05, 0) is 57.2 Å². The van der Waals surface area contributed by atoms with Gasteiger partial charge in [-0.25, -0.2) is 4.98 Å². The Labute approximate surface area is 122 Å². The average molecular weight is 273 g/mol. The summed E-state index contributed by atoms with van der Waals surface area (Å²) in [5.41, 5.74) is 2.06. The van der Waals surface area contributed by atoms with E-state index in [1.54, 1.807) is 0 Å². The molecule has 0 amide bonds.